The van der Waals surface area contributed by atoms with Crippen LogP contribution >= 0.6 is 0 Å². The second-order valence-corrected chi connectivity index (χ2v) is 5.03. The molecule has 1 aliphatic heterocycles. The van der Waals surface area contributed by atoms with E-state index in [2.05, 4.69) is 58.4 Å². The second kappa shape index (κ2) is 2.88. The number of hydrogen-bond donors (Lipinski definition) is 0. The van der Waals surface area contributed by atoms with Crippen molar-refractivity contribution in [2.75, 3.05) is 11.9 Å². The first-order valence-electron chi connectivity index (χ1n) is 5.41. The van der Waals surface area contributed by atoms with E-state index in [0.717, 1.165) is 0 Å². The predicted octanol–water partition coefficient (Wildman–Crippen LogP) is 3.54. The van der Waals surface area contributed by atoms with Gasteiger partial charge in [-0.15, -0.1) is 0 Å². The Balaban J connectivity index is 2.79. The predicted molar refractivity (Wildman–Crippen MR) is 66.5 cm³/mol. The molecule has 1 aromatic carbocycles. The van der Waals surface area contributed by atoms with Crippen molar-refractivity contribution in [3.05, 3.63) is 41.1 Å². The maximum atomic E-state index is 4.20. The Morgan fingerprint density at radius 2 is 1.80 bits per heavy atom. The molecule has 0 bridgehead atoms. The van der Waals surface area contributed by atoms with Gasteiger partial charge in [-0.3, -0.25) is 0 Å². The summed E-state index contributed by atoms with van der Waals surface area (Å²) in [5.41, 5.74) is 6.78. The molecule has 0 amide bonds. The average Bonchev–Trinajstić information content (AvgIpc) is 2.34. The van der Waals surface area contributed by atoms with Crippen LogP contribution < -0.4 is 4.90 Å². The summed E-state index contributed by atoms with van der Waals surface area (Å²) in [6, 6.07) is 4.40. The lowest BCUT2D eigenvalue weighted by molar-refractivity contribution is 0.638. The molecule has 0 aromatic heterocycles. The van der Waals surface area contributed by atoms with Crippen molar-refractivity contribution in [3.63, 3.8) is 0 Å². The fourth-order valence-electron chi connectivity index (χ4n) is 2.58. The summed E-state index contributed by atoms with van der Waals surface area (Å²) in [6.45, 7) is 13.1. The van der Waals surface area contributed by atoms with Gasteiger partial charge in [0.15, 0.2) is 0 Å². The molecule has 1 heterocycles. The van der Waals surface area contributed by atoms with Crippen molar-refractivity contribution in [2.24, 2.45) is 0 Å². The van der Waals surface area contributed by atoms with Crippen molar-refractivity contribution >= 4 is 5.69 Å². The molecule has 0 radical (unpaired) electrons. The van der Waals surface area contributed by atoms with E-state index < -0.39 is 0 Å². The minimum absolute atomic E-state index is 0.0696. The molecule has 1 nitrogen and oxygen atoms in total. The molecule has 0 atom stereocenters. The molecule has 0 unspecified atom stereocenters. The minimum atomic E-state index is 0.0696. The molecule has 1 aromatic rings. The zero-order chi connectivity index (χ0) is 11.4. The third-order valence-corrected chi connectivity index (χ3v) is 3.83. The first-order valence-corrected chi connectivity index (χ1v) is 5.41. The highest BCUT2D eigenvalue weighted by atomic mass is 15.1. The van der Waals surface area contributed by atoms with Gasteiger partial charge in [-0.25, -0.2) is 0 Å². The zero-order valence-corrected chi connectivity index (χ0v) is 10.3. The van der Waals surface area contributed by atoms with Crippen LogP contribution in [0.5, 0.6) is 0 Å². The number of rotatable bonds is 0. The topological polar surface area (TPSA) is 3.24 Å². The Labute approximate surface area is 92.4 Å². The lowest BCUT2D eigenvalue weighted by atomic mass is 9.81. The van der Waals surface area contributed by atoms with Crippen LogP contribution in [0.4, 0.5) is 5.69 Å². The summed E-state index contributed by atoms with van der Waals surface area (Å²) in [5.74, 6) is 0. The number of allylic oxidation sites excluding steroid dienone is 1. The molecule has 15 heavy (non-hydrogen) atoms. The van der Waals surface area contributed by atoms with Gasteiger partial charge in [0, 0.05) is 23.8 Å². The van der Waals surface area contributed by atoms with Gasteiger partial charge in [-0.2, -0.15) is 0 Å². The van der Waals surface area contributed by atoms with Gasteiger partial charge in [0.2, 0.25) is 0 Å². The highest BCUT2D eigenvalue weighted by Gasteiger charge is 2.38. The van der Waals surface area contributed by atoms with Gasteiger partial charge in [0.05, 0.1) is 0 Å². The van der Waals surface area contributed by atoms with E-state index in [1.807, 2.05) is 0 Å². The number of hydrogen-bond acceptors (Lipinski definition) is 1. The largest absolute Gasteiger partial charge is 0.348 e. The molecule has 0 N–H and O–H groups in total. The molecule has 80 valence electrons. The van der Waals surface area contributed by atoms with Crippen molar-refractivity contribution in [2.45, 2.75) is 33.1 Å². The third-order valence-electron chi connectivity index (χ3n) is 3.83. The molecule has 0 saturated carbocycles. The number of anilines is 1. The smallest absolute Gasteiger partial charge is 0.0450 e. The Morgan fingerprint density at radius 1 is 1.20 bits per heavy atom. The van der Waals surface area contributed by atoms with E-state index in [0.29, 0.717) is 0 Å². The first kappa shape index (κ1) is 10.3. The molecule has 1 aliphatic rings. The van der Waals surface area contributed by atoms with Crippen LogP contribution in [-0.2, 0) is 5.41 Å². The fourth-order valence-corrected chi connectivity index (χ4v) is 2.58. The zero-order valence-electron chi connectivity index (χ0n) is 10.3. The summed E-state index contributed by atoms with van der Waals surface area (Å²) in [7, 11) is 2.10. The summed E-state index contributed by atoms with van der Waals surface area (Å²) in [6.07, 6.45) is 0. The summed E-state index contributed by atoms with van der Waals surface area (Å²) in [4.78, 5) is 2.21. The highest BCUT2D eigenvalue weighted by molar-refractivity contribution is 5.72. The molecule has 0 fully saturated rings. The number of nitrogens with zero attached hydrogens (tertiary/aromatic N) is 1. The monoisotopic (exact) mass is 201 g/mol. The SMILES string of the molecule is C=C1N(C)c2ccc(C)c(C)c2C1(C)C. The molecular formula is C14H19N. The number of fused-ring (bicyclic) bond motifs is 1. The van der Waals surface area contributed by atoms with E-state index in [1.54, 1.807) is 0 Å². The van der Waals surface area contributed by atoms with Crippen molar-refractivity contribution in [1.82, 2.24) is 0 Å². The van der Waals surface area contributed by atoms with Crippen molar-refractivity contribution in [3.8, 4) is 0 Å². The Kier molecular flexibility index (Phi) is 1.97. The first-order chi connectivity index (χ1) is 6.87. The Hall–Kier alpha value is -1.24. The molecule has 1 heteroatoms. The molecular weight excluding hydrogens is 182 g/mol. The van der Waals surface area contributed by atoms with Crippen LogP contribution in [0.2, 0.25) is 0 Å². The summed E-state index contributed by atoms with van der Waals surface area (Å²) < 4.78 is 0. The maximum Gasteiger partial charge on any atom is 0.0450 e. The summed E-state index contributed by atoms with van der Waals surface area (Å²) >= 11 is 0. The maximum absolute atomic E-state index is 4.20. The molecule has 0 spiro atoms. The van der Waals surface area contributed by atoms with Gasteiger partial charge in [0.25, 0.3) is 0 Å². The van der Waals surface area contributed by atoms with E-state index in [-0.39, 0.29) is 5.41 Å². The quantitative estimate of drug-likeness (QED) is 0.620. The average molecular weight is 201 g/mol. The van der Waals surface area contributed by atoms with E-state index in [4.69, 9.17) is 0 Å². The van der Waals surface area contributed by atoms with Gasteiger partial charge in [-0.05, 0) is 36.6 Å². The van der Waals surface area contributed by atoms with Crippen LogP contribution in [0, 0.1) is 13.8 Å². The highest BCUT2D eigenvalue weighted by Crippen LogP contribution is 2.48. The number of likely N-dealkylation sites (N-methyl/N-ethyl adjacent to an activating group) is 1. The van der Waals surface area contributed by atoms with Crippen molar-refractivity contribution in [1.29, 1.82) is 0 Å². The minimum Gasteiger partial charge on any atom is -0.348 e. The van der Waals surface area contributed by atoms with Crippen LogP contribution in [-0.4, -0.2) is 7.05 Å². The van der Waals surface area contributed by atoms with E-state index in [9.17, 15) is 0 Å². The van der Waals surface area contributed by atoms with Gasteiger partial charge in [0.1, 0.15) is 0 Å². The van der Waals surface area contributed by atoms with Crippen LogP contribution in [0.1, 0.15) is 30.5 Å². The van der Waals surface area contributed by atoms with Gasteiger partial charge in [-0.1, -0.05) is 26.5 Å². The van der Waals surface area contributed by atoms with Crippen molar-refractivity contribution < 1.29 is 0 Å². The standard InChI is InChI=1S/C14H19N/c1-9-7-8-12-13(10(9)2)14(4,5)11(3)15(12)6/h7-8H,3H2,1-2,4-6H3. The molecule has 0 aliphatic carbocycles. The van der Waals surface area contributed by atoms with Crippen LogP contribution in [0.15, 0.2) is 24.4 Å². The van der Waals surface area contributed by atoms with E-state index >= 15 is 0 Å². The lowest BCUT2D eigenvalue weighted by Crippen LogP contribution is -2.22. The molecule has 2 rings (SSSR count). The summed E-state index contributed by atoms with van der Waals surface area (Å²) in [5, 5.41) is 0. The third kappa shape index (κ3) is 1.16. The molecule has 0 saturated heterocycles. The number of benzene rings is 1. The Bertz CT molecular complexity index is 441. The van der Waals surface area contributed by atoms with Crippen LogP contribution in [0.25, 0.3) is 0 Å². The van der Waals surface area contributed by atoms with Gasteiger partial charge >= 0.3 is 0 Å². The lowest BCUT2D eigenvalue weighted by Gasteiger charge is -2.23. The van der Waals surface area contributed by atoms with Gasteiger partial charge < -0.3 is 4.90 Å². The van der Waals surface area contributed by atoms with Crippen LogP contribution in [0.3, 0.4) is 0 Å². The normalized spacial score (nSPS) is 18.2. The fraction of sp³-hybridized carbons (Fsp3) is 0.429. The Morgan fingerprint density at radius 3 is 2.40 bits per heavy atom. The number of aryl methyl sites for hydroxylation is 1. The second-order valence-electron chi connectivity index (χ2n) is 5.03. The van der Waals surface area contributed by atoms with E-state index in [1.165, 1.54) is 28.1 Å².